The van der Waals surface area contributed by atoms with Crippen LogP contribution in [0.5, 0.6) is 0 Å². The first-order chi connectivity index (χ1) is 9.92. The molecule has 0 unspecified atom stereocenters. The van der Waals surface area contributed by atoms with Crippen molar-refractivity contribution in [3.05, 3.63) is 0 Å². The quantitative estimate of drug-likeness (QED) is 0.397. The van der Waals surface area contributed by atoms with Crippen LogP contribution in [0.2, 0.25) is 0 Å². The second-order valence-corrected chi connectivity index (χ2v) is 6.37. The van der Waals surface area contributed by atoms with E-state index in [0.717, 1.165) is 12.8 Å². The van der Waals surface area contributed by atoms with Gasteiger partial charge in [-0.2, -0.15) is 0 Å². The van der Waals surface area contributed by atoms with E-state index in [1.165, 1.54) is 65.2 Å². The summed E-state index contributed by atoms with van der Waals surface area (Å²) in [6.07, 6.45) is 12.5. The lowest BCUT2D eigenvalue weighted by Gasteiger charge is -2.18. The number of amides is 1. The first kappa shape index (κ1) is 19.9. The molecule has 0 radical (unpaired) electrons. The van der Waals surface area contributed by atoms with Gasteiger partial charge in [0.2, 0.25) is 5.91 Å². The molecule has 0 bridgehead atoms. The van der Waals surface area contributed by atoms with Gasteiger partial charge in [0.05, 0.1) is 0 Å². The predicted molar refractivity (Wildman–Crippen MR) is 86.3 cm³/mol. The number of carboxylic acids is 1. The van der Waals surface area contributed by atoms with E-state index in [1.54, 1.807) is 0 Å². The number of hydrogen-bond donors (Lipinski definition) is 2. The Labute approximate surface area is 129 Å². The van der Waals surface area contributed by atoms with Crippen molar-refractivity contribution in [3.63, 3.8) is 0 Å². The average molecular weight is 299 g/mol. The molecule has 2 N–H and O–H groups in total. The highest BCUT2D eigenvalue weighted by Crippen LogP contribution is 2.15. The molecule has 0 saturated carbocycles. The van der Waals surface area contributed by atoms with Gasteiger partial charge in [-0.15, -0.1) is 0 Å². The fourth-order valence-electron chi connectivity index (χ4n) is 2.13. The number of carbonyl (C=O) groups excluding carboxylic acids is 1. The van der Waals surface area contributed by atoms with Gasteiger partial charge in [-0.1, -0.05) is 64.7 Å². The Bertz CT molecular complexity index is 300. The number of carboxylic acid groups (broad SMARTS) is 1. The van der Waals surface area contributed by atoms with Crippen LogP contribution < -0.4 is 5.32 Å². The van der Waals surface area contributed by atoms with Crippen LogP contribution in [0.3, 0.4) is 0 Å². The van der Waals surface area contributed by atoms with E-state index in [0.29, 0.717) is 6.54 Å². The standard InChI is InChI=1S/C17H33NO3/c1-4-5-6-7-8-9-10-11-12-13-14-18-15(19)17(2,3)16(20)21/h4-14H2,1-3H3,(H,18,19)(H,20,21). The molecule has 21 heavy (non-hydrogen) atoms. The Morgan fingerprint density at radius 2 is 1.29 bits per heavy atom. The molecule has 0 heterocycles. The highest BCUT2D eigenvalue weighted by atomic mass is 16.4. The summed E-state index contributed by atoms with van der Waals surface area (Å²) in [5.74, 6) is -1.48. The third-order valence-corrected chi connectivity index (χ3v) is 3.92. The smallest absolute Gasteiger partial charge is 0.318 e. The van der Waals surface area contributed by atoms with Gasteiger partial charge in [-0.25, -0.2) is 0 Å². The highest BCUT2D eigenvalue weighted by Gasteiger charge is 2.35. The minimum atomic E-state index is -1.33. The van der Waals surface area contributed by atoms with Crippen LogP contribution in [0.4, 0.5) is 0 Å². The van der Waals surface area contributed by atoms with Gasteiger partial charge in [-0.05, 0) is 20.3 Å². The minimum absolute atomic E-state index is 0.397. The Hall–Kier alpha value is -1.06. The predicted octanol–water partition coefficient (Wildman–Crippen LogP) is 4.13. The number of aliphatic carboxylic acids is 1. The van der Waals surface area contributed by atoms with Gasteiger partial charge >= 0.3 is 5.97 Å². The average Bonchev–Trinajstić information content (AvgIpc) is 2.44. The van der Waals surface area contributed by atoms with Crippen molar-refractivity contribution < 1.29 is 14.7 Å². The molecular formula is C17H33NO3. The van der Waals surface area contributed by atoms with Crippen molar-refractivity contribution in [2.24, 2.45) is 5.41 Å². The SMILES string of the molecule is CCCCCCCCCCCCNC(=O)C(C)(C)C(=O)O. The number of nitrogens with one attached hydrogen (secondary N) is 1. The monoisotopic (exact) mass is 299 g/mol. The first-order valence-electron chi connectivity index (χ1n) is 8.44. The fourth-order valence-corrected chi connectivity index (χ4v) is 2.13. The van der Waals surface area contributed by atoms with Gasteiger partial charge < -0.3 is 10.4 Å². The van der Waals surface area contributed by atoms with Crippen LogP contribution in [-0.2, 0) is 9.59 Å². The molecule has 4 heteroatoms. The molecule has 0 aromatic rings. The third kappa shape index (κ3) is 9.48. The third-order valence-electron chi connectivity index (χ3n) is 3.92. The molecule has 0 atom stereocenters. The molecule has 0 aliphatic carbocycles. The number of unbranched alkanes of at least 4 members (excludes halogenated alkanes) is 9. The number of carbonyl (C=O) groups is 2. The van der Waals surface area contributed by atoms with E-state index in [-0.39, 0.29) is 0 Å². The molecule has 0 aromatic heterocycles. The summed E-state index contributed by atoms with van der Waals surface area (Å²) in [5, 5.41) is 11.6. The molecule has 1 amide bonds. The minimum Gasteiger partial charge on any atom is -0.480 e. The molecule has 0 aliphatic heterocycles. The van der Waals surface area contributed by atoms with E-state index >= 15 is 0 Å². The summed E-state index contributed by atoms with van der Waals surface area (Å²) in [5.41, 5.74) is -1.33. The molecule has 0 rings (SSSR count). The normalized spacial score (nSPS) is 11.4. The molecule has 0 saturated heterocycles. The summed E-state index contributed by atoms with van der Waals surface area (Å²) >= 11 is 0. The first-order valence-corrected chi connectivity index (χ1v) is 8.44. The molecular weight excluding hydrogens is 266 g/mol. The van der Waals surface area contributed by atoms with Crippen molar-refractivity contribution in [1.82, 2.24) is 5.32 Å². The topological polar surface area (TPSA) is 66.4 Å². The summed E-state index contributed by atoms with van der Waals surface area (Å²) in [4.78, 5) is 22.6. The molecule has 0 aromatic carbocycles. The molecule has 124 valence electrons. The summed E-state index contributed by atoms with van der Waals surface area (Å²) < 4.78 is 0. The fraction of sp³-hybridized carbons (Fsp3) is 0.882. The maximum Gasteiger partial charge on any atom is 0.318 e. The second-order valence-electron chi connectivity index (χ2n) is 6.37. The zero-order chi connectivity index (χ0) is 16.1. The van der Waals surface area contributed by atoms with Crippen molar-refractivity contribution in [3.8, 4) is 0 Å². The van der Waals surface area contributed by atoms with Gasteiger partial charge in [-0.3, -0.25) is 9.59 Å². The van der Waals surface area contributed by atoms with Crippen LogP contribution in [0.15, 0.2) is 0 Å². The Morgan fingerprint density at radius 3 is 1.71 bits per heavy atom. The molecule has 4 nitrogen and oxygen atoms in total. The lowest BCUT2D eigenvalue weighted by atomic mass is 9.92. The van der Waals surface area contributed by atoms with Gasteiger partial charge in [0.15, 0.2) is 0 Å². The van der Waals surface area contributed by atoms with Gasteiger partial charge in [0.25, 0.3) is 0 Å². The van der Waals surface area contributed by atoms with Crippen molar-refractivity contribution in [2.45, 2.75) is 85.0 Å². The van der Waals surface area contributed by atoms with Crippen molar-refractivity contribution in [2.75, 3.05) is 6.54 Å². The van der Waals surface area contributed by atoms with E-state index < -0.39 is 17.3 Å². The van der Waals surface area contributed by atoms with Gasteiger partial charge in [0, 0.05) is 6.54 Å². The van der Waals surface area contributed by atoms with Crippen LogP contribution >= 0.6 is 0 Å². The zero-order valence-corrected chi connectivity index (χ0v) is 14.0. The van der Waals surface area contributed by atoms with Gasteiger partial charge in [0.1, 0.15) is 5.41 Å². The van der Waals surface area contributed by atoms with Crippen LogP contribution in [0.25, 0.3) is 0 Å². The molecule has 0 spiro atoms. The number of rotatable bonds is 13. The van der Waals surface area contributed by atoms with Crippen LogP contribution in [-0.4, -0.2) is 23.5 Å². The lowest BCUT2D eigenvalue weighted by Crippen LogP contribution is -2.42. The Morgan fingerprint density at radius 1 is 0.857 bits per heavy atom. The Kier molecular flexibility index (Phi) is 11.0. The highest BCUT2D eigenvalue weighted by molar-refractivity contribution is 6.00. The zero-order valence-electron chi connectivity index (χ0n) is 14.0. The van der Waals surface area contributed by atoms with E-state index in [1.807, 2.05) is 0 Å². The molecule has 0 aliphatic rings. The summed E-state index contributed by atoms with van der Waals surface area (Å²) in [7, 11) is 0. The second kappa shape index (κ2) is 11.6. The maximum atomic E-state index is 11.7. The van der Waals surface area contributed by atoms with Crippen LogP contribution in [0, 0.1) is 5.41 Å². The van der Waals surface area contributed by atoms with E-state index in [2.05, 4.69) is 12.2 Å². The molecule has 0 fully saturated rings. The largest absolute Gasteiger partial charge is 0.480 e. The summed E-state index contributed by atoms with van der Waals surface area (Å²) in [6.45, 7) is 5.68. The lowest BCUT2D eigenvalue weighted by molar-refractivity contribution is -0.153. The van der Waals surface area contributed by atoms with Crippen molar-refractivity contribution >= 4 is 11.9 Å². The van der Waals surface area contributed by atoms with Crippen molar-refractivity contribution in [1.29, 1.82) is 0 Å². The van der Waals surface area contributed by atoms with E-state index in [9.17, 15) is 9.59 Å². The van der Waals surface area contributed by atoms with Crippen LogP contribution in [0.1, 0.15) is 85.0 Å². The Balaban J connectivity index is 3.41. The summed E-state index contributed by atoms with van der Waals surface area (Å²) in [6, 6.07) is 0. The number of hydrogen-bond acceptors (Lipinski definition) is 2. The maximum absolute atomic E-state index is 11.7. The van der Waals surface area contributed by atoms with E-state index in [4.69, 9.17) is 5.11 Å².